The van der Waals surface area contributed by atoms with Crippen molar-refractivity contribution in [3.05, 3.63) is 81.3 Å². The van der Waals surface area contributed by atoms with Crippen molar-refractivity contribution in [1.82, 2.24) is 25.0 Å². The van der Waals surface area contributed by atoms with Crippen LogP contribution in [-0.4, -0.2) is 30.9 Å². The van der Waals surface area contributed by atoms with E-state index in [9.17, 15) is 9.18 Å². The summed E-state index contributed by atoms with van der Waals surface area (Å²) in [5.74, 6) is -0.320. The van der Waals surface area contributed by atoms with E-state index >= 15 is 0 Å². The standard InChI is InChI=1S/C20H15Cl2FN6O/c1-11-16(17(22)29(28-11)10-12-6-8-13(23)9-7-12)19(30)25-20-24-18(26-27-20)14-4-2-3-5-15(14)21/h2-9H,10H2,1H3,(H2,24,25,26,27,30). The molecule has 7 nitrogen and oxygen atoms in total. The van der Waals surface area contributed by atoms with Crippen molar-refractivity contribution in [2.45, 2.75) is 13.5 Å². The maximum Gasteiger partial charge on any atom is 0.263 e. The van der Waals surface area contributed by atoms with Crippen LogP contribution in [0.5, 0.6) is 0 Å². The molecule has 0 aliphatic heterocycles. The monoisotopic (exact) mass is 444 g/mol. The van der Waals surface area contributed by atoms with Crippen LogP contribution in [0.4, 0.5) is 10.3 Å². The lowest BCUT2D eigenvalue weighted by Crippen LogP contribution is -2.14. The second-order valence-corrected chi connectivity index (χ2v) is 7.24. The van der Waals surface area contributed by atoms with E-state index in [0.29, 0.717) is 28.6 Å². The lowest BCUT2D eigenvalue weighted by atomic mass is 10.2. The number of benzene rings is 2. The Kier molecular flexibility index (Phi) is 5.52. The predicted octanol–water partition coefficient (Wildman–Crippen LogP) is 4.72. The second kappa shape index (κ2) is 8.25. The average molecular weight is 445 g/mol. The SMILES string of the molecule is Cc1nn(Cc2ccc(F)cc2)c(Cl)c1C(=O)Nc1n[nH]c(-c2ccccc2Cl)n1. The van der Waals surface area contributed by atoms with Gasteiger partial charge in [-0.3, -0.25) is 15.2 Å². The first-order valence-electron chi connectivity index (χ1n) is 8.88. The zero-order valence-electron chi connectivity index (χ0n) is 15.7. The van der Waals surface area contributed by atoms with Crippen molar-refractivity contribution in [3.8, 4) is 11.4 Å². The quantitative estimate of drug-likeness (QED) is 0.465. The van der Waals surface area contributed by atoms with Crippen LogP contribution in [0, 0.1) is 12.7 Å². The van der Waals surface area contributed by atoms with Gasteiger partial charge in [0.25, 0.3) is 5.91 Å². The molecule has 2 heterocycles. The highest BCUT2D eigenvalue weighted by molar-refractivity contribution is 6.34. The van der Waals surface area contributed by atoms with E-state index in [2.05, 4.69) is 25.6 Å². The highest BCUT2D eigenvalue weighted by atomic mass is 35.5. The van der Waals surface area contributed by atoms with Crippen LogP contribution in [0.3, 0.4) is 0 Å². The molecule has 2 N–H and O–H groups in total. The van der Waals surface area contributed by atoms with E-state index in [-0.39, 0.29) is 22.5 Å². The highest BCUT2D eigenvalue weighted by Crippen LogP contribution is 2.26. The van der Waals surface area contributed by atoms with Gasteiger partial charge < -0.3 is 0 Å². The van der Waals surface area contributed by atoms with Crippen LogP contribution < -0.4 is 5.32 Å². The molecule has 4 aromatic rings. The number of halogens is 3. The summed E-state index contributed by atoms with van der Waals surface area (Å²) >= 11 is 12.6. The fourth-order valence-corrected chi connectivity index (χ4v) is 3.48. The van der Waals surface area contributed by atoms with Gasteiger partial charge in [0, 0.05) is 5.56 Å². The van der Waals surface area contributed by atoms with Crippen LogP contribution in [0.2, 0.25) is 10.2 Å². The summed E-state index contributed by atoms with van der Waals surface area (Å²) in [4.78, 5) is 17.0. The van der Waals surface area contributed by atoms with Gasteiger partial charge >= 0.3 is 0 Å². The van der Waals surface area contributed by atoms with E-state index in [0.717, 1.165) is 5.56 Å². The molecule has 4 rings (SSSR count). The summed E-state index contributed by atoms with van der Waals surface area (Å²) in [6.07, 6.45) is 0. The van der Waals surface area contributed by atoms with Crippen molar-refractivity contribution in [2.75, 3.05) is 5.32 Å². The smallest absolute Gasteiger partial charge is 0.263 e. The largest absolute Gasteiger partial charge is 0.289 e. The molecule has 0 saturated heterocycles. The molecule has 1 amide bonds. The average Bonchev–Trinajstić information content (AvgIpc) is 3.28. The molecular weight excluding hydrogens is 430 g/mol. The first-order chi connectivity index (χ1) is 14.4. The third-order valence-electron chi connectivity index (χ3n) is 4.38. The molecule has 0 saturated carbocycles. The number of nitrogens with one attached hydrogen (secondary N) is 2. The molecule has 152 valence electrons. The van der Waals surface area contributed by atoms with Crippen LogP contribution in [0.25, 0.3) is 11.4 Å². The number of H-pyrrole nitrogens is 1. The van der Waals surface area contributed by atoms with Crippen LogP contribution >= 0.6 is 23.2 Å². The van der Waals surface area contributed by atoms with Gasteiger partial charge in [-0.25, -0.2) is 9.07 Å². The molecule has 30 heavy (non-hydrogen) atoms. The van der Waals surface area contributed by atoms with Gasteiger partial charge in [0.1, 0.15) is 11.0 Å². The Morgan fingerprint density at radius 2 is 1.90 bits per heavy atom. The molecule has 2 aromatic carbocycles. The minimum atomic E-state index is -0.493. The normalized spacial score (nSPS) is 10.9. The number of hydrogen-bond donors (Lipinski definition) is 2. The minimum absolute atomic E-state index is 0.0803. The third-order valence-corrected chi connectivity index (χ3v) is 5.09. The van der Waals surface area contributed by atoms with Gasteiger partial charge in [-0.1, -0.05) is 47.5 Å². The summed E-state index contributed by atoms with van der Waals surface area (Å²) in [5.41, 5.74) is 2.11. The number of nitrogens with zero attached hydrogens (tertiary/aromatic N) is 4. The van der Waals surface area contributed by atoms with Crippen LogP contribution in [-0.2, 0) is 6.54 Å². The van der Waals surface area contributed by atoms with Gasteiger partial charge in [-0.2, -0.15) is 10.1 Å². The van der Waals surface area contributed by atoms with Crippen LogP contribution in [0.1, 0.15) is 21.6 Å². The minimum Gasteiger partial charge on any atom is -0.289 e. The van der Waals surface area contributed by atoms with Crippen molar-refractivity contribution in [2.24, 2.45) is 0 Å². The summed E-state index contributed by atoms with van der Waals surface area (Å²) in [6, 6.07) is 13.1. The van der Waals surface area contributed by atoms with Crippen LogP contribution in [0.15, 0.2) is 48.5 Å². The highest BCUT2D eigenvalue weighted by Gasteiger charge is 2.22. The third kappa shape index (κ3) is 4.05. The number of hydrogen-bond acceptors (Lipinski definition) is 4. The number of anilines is 1. The van der Waals surface area contributed by atoms with E-state index in [1.54, 1.807) is 37.3 Å². The van der Waals surface area contributed by atoms with Gasteiger partial charge in [-0.05, 0) is 36.8 Å². The molecule has 0 bridgehead atoms. The molecule has 0 unspecified atom stereocenters. The Bertz CT molecular complexity index is 1220. The number of amides is 1. The number of rotatable bonds is 5. The Morgan fingerprint density at radius 1 is 1.17 bits per heavy atom. The molecule has 0 spiro atoms. The fourth-order valence-electron chi connectivity index (χ4n) is 2.93. The summed E-state index contributed by atoms with van der Waals surface area (Å²) < 4.78 is 14.6. The lowest BCUT2D eigenvalue weighted by Gasteiger charge is -2.04. The zero-order chi connectivity index (χ0) is 21.3. The Labute approximate surface area is 180 Å². The lowest BCUT2D eigenvalue weighted by molar-refractivity contribution is 0.102. The van der Waals surface area contributed by atoms with Gasteiger partial charge in [0.2, 0.25) is 5.95 Å². The summed E-state index contributed by atoms with van der Waals surface area (Å²) in [7, 11) is 0. The first-order valence-corrected chi connectivity index (χ1v) is 9.64. The van der Waals surface area contributed by atoms with E-state index in [4.69, 9.17) is 23.2 Å². The van der Waals surface area contributed by atoms with Gasteiger partial charge in [-0.15, -0.1) is 5.10 Å². The topological polar surface area (TPSA) is 88.5 Å². The maximum absolute atomic E-state index is 13.1. The van der Waals surface area contributed by atoms with Crippen molar-refractivity contribution < 1.29 is 9.18 Å². The van der Waals surface area contributed by atoms with E-state index < -0.39 is 5.91 Å². The summed E-state index contributed by atoms with van der Waals surface area (Å²) in [5, 5.41) is 14.4. The maximum atomic E-state index is 13.1. The Balaban J connectivity index is 1.53. The molecule has 0 aliphatic carbocycles. The molecule has 0 aliphatic rings. The van der Waals surface area contributed by atoms with Gasteiger partial charge in [0.05, 0.1) is 22.8 Å². The second-order valence-electron chi connectivity index (χ2n) is 6.48. The number of aromatic amines is 1. The Morgan fingerprint density at radius 3 is 2.63 bits per heavy atom. The summed E-state index contributed by atoms with van der Waals surface area (Å²) in [6.45, 7) is 1.97. The van der Waals surface area contributed by atoms with Crippen molar-refractivity contribution in [1.29, 1.82) is 0 Å². The van der Waals surface area contributed by atoms with E-state index in [1.807, 2.05) is 6.07 Å². The molecular formula is C20H15Cl2FN6O. The van der Waals surface area contributed by atoms with Gasteiger partial charge in [0.15, 0.2) is 5.82 Å². The first kappa shape index (κ1) is 20.1. The molecule has 0 radical (unpaired) electrons. The molecule has 0 atom stereocenters. The number of aryl methyl sites for hydroxylation is 1. The fraction of sp³-hybridized carbons (Fsp3) is 0.100. The van der Waals surface area contributed by atoms with Crippen molar-refractivity contribution in [3.63, 3.8) is 0 Å². The molecule has 2 aromatic heterocycles. The number of aromatic nitrogens is 5. The Hall–Kier alpha value is -3.23. The number of carbonyl (C=O) groups is 1. The zero-order valence-corrected chi connectivity index (χ0v) is 17.2. The predicted molar refractivity (Wildman–Crippen MR) is 112 cm³/mol. The number of carbonyl (C=O) groups excluding carboxylic acids is 1. The van der Waals surface area contributed by atoms with Crippen molar-refractivity contribution >= 4 is 35.1 Å². The molecule has 10 heteroatoms. The van der Waals surface area contributed by atoms with E-state index in [1.165, 1.54) is 16.8 Å². The molecule has 0 fully saturated rings.